The van der Waals surface area contributed by atoms with Crippen LogP contribution in [0.4, 0.5) is 10.6 Å². The van der Waals surface area contributed by atoms with E-state index in [1.54, 1.807) is 0 Å². The van der Waals surface area contributed by atoms with Gasteiger partial charge in [0.25, 0.3) is 0 Å². The van der Waals surface area contributed by atoms with Crippen LogP contribution in [0, 0.1) is 0 Å². The molecule has 0 atom stereocenters. The summed E-state index contributed by atoms with van der Waals surface area (Å²) in [6.07, 6.45) is 5.54. The quantitative estimate of drug-likeness (QED) is 0.762. The minimum Gasteiger partial charge on any atom is -0.478 e. The Morgan fingerprint density at radius 2 is 2.00 bits per heavy atom. The topological polar surface area (TPSA) is 91.3 Å². The van der Waals surface area contributed by atoms with Crippen molar-refractivity contribution in [1.82, 2.24) is 10.3 Å². The van der Waals surface area contributed by atoms with Gasteiger partial charge in [0, 0.05) is 12.2 Å². The molecule has 1 saturated carbocycles. The van der Waals surface area contributed by atoms with Crippen LogP contribution in [0.15, 0.2) is 18.3 Å². The predicted molar refractivity (Wildman–Crippen MR) is 65.6 cm³/mol. The smallest absolute Gasteiger partial charge is 0.337 e. The predicted octanol–water partition coefficient (Wildman–Crippen LogP) is 1.84. The van der Waals surface area contributed by atoms with Crippen LogP contribution in [0.2, 0.25) is 0 Å². The number of hydrogen-bond acceptors (Lipinski definition) is 3. The summed E-state index contributed by atoms with van der Waals surface area (Å²) in [5.41, 5.74) is 0.0942. The molecule has 6 nitrogen and oxygen atoms in total. The second-order valence-corrected chi connectivity index (χ2v) is 4.32. The Kier molecular flexibility index (Phi) is 3.76. The van der Waals surface area contributed by atoms with E-state index in [0.717, 1.165) is 25.7 Å². The van der Waals surface area contributed by atoms with Gasteiger partial charge in [0.2, 0.25) is 0 Å². The highest BCUT2D eigenvalue weighted by molar-refractivity contribution is 5.90. The molecule has 0 radical (unpaired) electrons. The minimum absolute atomic E-state index is 0.0942. The number of carboxylic acids is 1. The Labute approximate surface area is 104 Å². The second-order valence-electron chi connectivity index (χ2n) is 4.32. The third-order valence-electron chi connectivity index (χ3n) is 2.94. The third kappa shape index (κ3) is 3.19. The maximum atomic E-state index is 11.6. The van der Waals surface area contributed by atoms with Gasteiger partial charge in [-0.2, -0.15) is 0 Å². The molecule has 0 saturated heterocycles. The maximum Gasteiger partial charge on any atom is 0.337 e. The van der Waals surface area contributed by atoms with E-state index in [0.29, 0.717) is 5.82 Å². The summed E-state index contributed by atoms with van der Waals surface area (Å²) in [7, 11) is 0. The summed E-state index contributed by atoms with van der Waals surface area (Å²) in [6.45, 7) is 0. The Balaban J connectivity index is 1.88. The van der Waals surface area contributed by atoms with E-state index in [-0.39, 0.29) is 17.6 Å². The first kappa shape index (κ1) is 12.3. The van der Waals surface area contributed by atoms with Crippen molar-refractivity contribution in [1.29, 1.82) is 0 Å². The molecule has 96 valence electrons. The highest BCUT2D eigenvalue weighted by atomic mass is 16.4. The second kappa shape index (κ2) is 5.48. The summed E-state index contributed by atoms with van der Waals surface area (Å²) in [5, 5.41) is 14.1. The minimum atomic E-state index is -1.04. The Morgan fingerprint density at radius 3 is 2.56 bits per heavy atom. The Hall–Kier alpha value is -2.11. The van der Waals surface area contributed by atoms with Crippen LogP contribution in [0.25, 0.3) is 0 Å². The normalized spacial score (nSPS) is 15.3. The van der Waals surface area contributed by atoms with Crippen molar-refractivity contribution < 1.29 is 14.7 Å². The van der Waals surface area contributed by atoms with Gasteiger partial charge >= 0.3 is 12.0 Å². The van der Waals surface area contributed by atoms with Gasteiger partial charge in [-0.25, -0.2) is 14.6 Å². The largest absolute Gasteiger partial charge is 0.478 e. The molecule has 1 aliphatic rings. The molecule has 1 aliphatic carbocycles. The van der Waals surface area contributed by atoms with Crippen LogP contribution in [-0.4, -0.2) is 28.1 Å². The zero-order valence-corrected chi connectivity index (χ0v) is 9.85. The van der Waals surface area contributed by atoms with E-state index < -0.39 is 5.97 Å². The number of aromatic carboxylic acids is 1. The van der Waals surface area contributed by atoms with Crippen LogP contribution in [0.3, 0.4) is 0 Å². The van der Waals surface area contributed by atoms with Gasteiger partial charge in [-0.3, -0.25) is 5.32 Å². The first-order valence-corrected chi connectivity index (χ1v) is 5.92. The van der Waals surface area contributed by atoms with Crippen molar-refractivity contribution in [3.8, 4) is 0 Å². The molecule has 0 unspecified atom stereocenters. The average molecular weight is 249 g/mol. The van der Waals surface area contributed by atoms with Crippen LogP contribution in [0.5, 0.6) is 0 Å². The number of rotatable bonds is 3. The number of urea groups is 1. The van der Waals surface area contributed by atoms with E-state index in [2.05, 4.69) is 15.6 Å². The number of amides is 2. The molecule has 3 N–H and O–H groups in total. The lowest BCUT2D eigenvalue weighted by Crippen LogP contribution is -2.36. The highest BCUT2D eigenvalue weighted by Crippen LogP contribution is 2.17. The van der Waals surface area contributed by atoms with Crippen molar-refractivity contribution in [2.75, 3.05) is 5.32 Å². The third-order valence-corrected chi connectivity index (χ3v) is 2.94. The van der Waals surface area contributed by atoms with E-state index in [1.807, 2.05) is 0 Å². The van der Waals surface area contributed by atoms with E-state index >= 15 is 0 Å². The van der Waals surface area contributed by atoms with Crippen molar-refractivity contribution in [3.05, 3.63) is 23.9 Å². The molecule has 6 heteroatoms. The molecule has 0 aliphatic heterocycles. The number of carboxylic acid groups (broad SMARTS) is 1. The van der Waals surface area contributed by atoms with Gasteiger partial charge in [-0.1, -0.05) is 12.8 Å². The van der Waals surface area contributed by atoms with Crippen LogP contribution >= 0.6 is 0 Å². The number of nitrogens with one attached hydrogen (secondary N) is 2. The fourth-order valence-corrected chi connectivity index (χ4v) is 2.00. The van der Waals surface area contributed by atoms with E-state index in [9.17, 15) is 9.59 Å². The van der Waals surface area contributed by atoms with Gasteiger partial charge < -0.3 is 10.4 Å². The first-order valence-electron chi connectivity index (χ1n) is 5.92. The zero-order valence-electron chi connectivity index (χ0n) is 9.85. The summed E-state index contributed by atoms with van der Waals surface area (Å²) in [6, 6.07) is 2.82. The molecule has 0 spiro atoms. The lowest BCUT2D eigenvalue weighted by molar-refractivity contribution is 0.0696. The molecular weight excluding hydrogens is 234 g/mol. The summed E-state index contributed by atoms with van der Waals surface area (Å²) >= 11 is 0. The highest BCUT2D eigenvalue weighted by Gasteiger charge is 2.17. The maximum absolute atomic E-state index is 11.6. The summed E-state index contributed by atoms with van der Waals surface area (Å²) in [5.74, 6) is -0.694. The SMILES string of the molecule is O=C(Nc1ccc(C(=O)O)cn1)NC1CCCC1. The summed E-state index contributed by atoms with van der Waals surface area (Å²) < 4.78 is 0. The van der Waals surface area contributed by atoms with Gasteiger partial charge in [0.05, 0.1) is 5.56 Å². The first-order chi connectivity index (χ1) is 8.65. The van der Waals surface area contributed by atoms with E-state index in [1.165, 1.54) is 18.3 Å². The van der Waals surface area contributed by atoms with Gasteiger partial charge in [0.15, 0.2) is 0 Å². The molecule has 0 aromatic carbocycles. The van der Waals surface area contributed by atoms with Gasteiger partial charge in [0.1, 0.15) is 5.82 Å². The standard InChI is InChI=1S/C12H15N3O3/c16-11(17)8-5-6-10(13-7-8)15-12(18)14-9-3-1-2-4-9/h5-7,9H,1-4H2,(H,16,17)(H2,13,14,15,18). The number of nitrogens with zero attached hydrogens (tertiary/aromatic N) is 1. The number of hydrogen-bond donors (Lipinski definition) is 3. The number of pyridine rings is 1. The van der Waals surface area contributed by atoms with Crippen LogP contribution in [-0.2, 0) is 0 Å². The molecule has 0 bridgehead atoms. The van der Waals surface area contributed by atoms with Crippen LogP contribution < -0.4 is 10.6 Å². The molecule has 1 fully saturated rings. The Morgan fingerprint density at radius 1 is 1.28 bits per heavy atom. The van der Waals surface area contributed by atoms with Gasteiger partial charge in [-0.05, 0) is 25.0 Å². The molecular formula is C12H15N3O3. The van der Waals surface area contributed by atoms with Crippen molar-refractivity contribution in [2.45, 2.75) is 31.7 Å². The van der Waals surface area contributed by atoms with Gasteiger partial charge in [-0.15, -0.1) is 0 Å². The van der Waals surface area contributed by atoms with Crippen molar-refractivity contribution in [2.24, 2.45) is 0 Å². The lowest BCUT2D eigenvalue weighted by atomic mass is 10.2. The number of aromatic nitrogens is 1. The molecule has 2 amide bonds. The molecule has 18 heavy (non-hydrogen) atoms. The number of carbonyl (C=O) groups excluding carboxylic acids is 1. The zero-order chi connectivity index (χ0) is 13.0. The van der Waals surface area contributed by atoms with Crippen molar-refractivity contribution >= 4 is 17.8 Å². The number of anilines is 1. The average Bonchev–Trinajstić information content (AvgIpc) is 2.82. The monoisotopic (exact) mass is 249 g/mol. The van der Waals surface area contributed by atoms with Crippen LogP contribution in [0.1, 0.15) is 36.0 Å². The summed E-state index contributed by atoms with van der Waals surface area (Å²) in [4.78, 5) is 26.1. The Bertz CT molecular complexity index is 438. The molecule has 1 aromatic heterocycles. The lowest BCUT2D eigenvalue weighted by Gasteiger charge is -2.12. The fraction of sp³-hybridized carbons (Fsp3) is 0.417. The molecule has 1 aromatic rings. The molecule has 2 rings (SSSR count). The van der Waals surface area contributed by atoms with E-state index in [4.69, 9.17) is 5.11 Å². The van der Waals surface area contributed by atoms with Crippen molar-refractivity contribution in [3.63, 3.8) is 0 Å². The number of carbonyl (C=O) groups is 2. The molecule has 1 heterocycles. The fourth-order valence-electron chi connectivity index (χ4n) is 2.00.